The maximum Gasteiger partial charge on any atom is 0.236 e. The van der Waals surface area contributed by atoms with Crippen LogP contribution in [0.2, 0.25) is 0 Å². The van der Waals surface area contributed by atoms with Crippen molar-refractivity contribution in [3.63, 3.8) is 0 Å². The summed E-state index contributed by atoms with van der Waals surface area (Å²) in [7, 11) is 1.74. The van der Waals surface area contributed by atoms with Crippen molar-refractivity contribution in [1.82, 2.24) is 9.78 Å². The number of rotatable bonds is 1. The van der Waals surface area contributed by atoms with Crippen LogP contribution < -0.4 is 4.90 Å². The normalized spacial score (nSPS) is 17.2. The minimum absolute atomic E-state index is 0.0190. The topological polar surface area (TPSA) is 55.2 Å². The molecule has 1 amide bonds. The summed E-state index contributed by atoms with van der Waals surface area (Å²) in [5.41, 5.74) is 0. The van der Waals surface area contributed by atoms with E-state index in [1.54, 1.807) is 24.0 Å². The molecule has 0 unspecified atom stereocenters. The molecule has 1 aliphatic heterocycles. The third kappa shape index (κ3) is 1.22. The molecule has 1 saturated heterocycles. The van der Waals surface area contributed by atoms with Crippen LogP contribution >= 0.6 is 0 Å². The van der Waals surface area contributed by atoms with Gasteiger partial charge in [0.2, 0.25) is 5.91 Å². The van der Waals surface area contributed by atoms with Crippen LogP contribution in [-0.4, -0.2) is 28.0 Å². The van der Waals surface area contributed by atoms with E-state index in [4.69, 9.17) is 0 Å². The Morgan fingerprint density at radius 2 is 2.23 bits per heavy atom. The van der Waals surface area contributed by atoms with E-state index in [9.17, 15) is 9.59 Å². The minimum atomic E-state index is -0.145. The Labute approximate surface area is 74.9 Å². The molecule has 5 nitrogen and oxygen atoms in total. The van der Waals surface area contributed by atoms with Gasteiger partial charge in [0, 0.05) is 13.1 Å². The minimum Gasteiger partial charge on any atom is -0.297 e. The van der Waals surface area contributed by atoms with E-state index < -0.39 is 0 Å². The molecule has 13 heavy (non-hydrogen) atoms. The van der Waals surface area contributed by atoms with E-state index in [0.717, 1.165) is 0 Å². The Morgan fingerprint density at radius 1 is 1.46 bits per heavy atom. The highest BCUT2D eigenvalue weighted by Crippen LogP contribution is 2.17. The lowest BCUT2D eigenvalue weighted by molar-refractivity contribution is -0.121. The first-order valence-electron chi connectivity index (χ1n) is 3.98. The number of aromatic nitrogens is 2. The Bertz CT molecular complexity index is 369. The second kappa shape index (κ2) is 2.69. The number of carbonyl (C=O) groups excluding carboxylic acids is 2. The molecule has 0 aromatic carbocycles. The van der Waals surface area contributed by atoms with Crippen LogP contribution in [0.3, 0.4) is 0 Å². The van der Waals surface area contributed by atoms with E-state index in [1.807, 2.05) is 0 Å². The summed E-state index contributed by atoms with van der Waals surface area (Å²) in [4.78, 5) is 23.7. The lowest BCUT2D eigenvalue weighted by Crippen LogP contribution is -2.26. The molecule has 1 aromatic heterocycles. The number of aryl methyl sites for hydroxylation is 1. The van der Waals surface area contributed by atoms with Crippen LogP contribution in [0.4, 0.5) is 5.82 Å². The zero-order valence-corrected chi connectivity index (χ0v) is 7.23. The lowest BCUT2D eigenvalue weighted by Gasteiger charge is -2.13. The fourth-order valence-corrected chi connectivity index (χ4v) is 1.42. The van der Waals surface area contributed by atoms with Crippen molar-refractivity contribution in [1.29, 1.82) is 0 Å². The van der Waals surface area contributed by atoms with Crippen LogP contribution in [0, 0.1) is 0 Å². The Kier molecular flexibility index (Phi) is 1.65. The average Bonchev–Trinajstić information content (AvgIpc) is 2.58. The summed E-state index contributed by atoms with van der Waals surface area (Å²) in [5.74, 6) is 0.496. The molecule has 1 aliphatic rings. The van der Waals surface area contributed by atoms with E-state index in [2.05, 4.69) is 5.10 Å². The number of hydrogen-bond acceptors (Lipinski definition) is 3. The van der Waals surface area contributed by atoms with Gasteiger partial charge in [-0.1, -0.05) is 0 Å². The SMILES string of the molecule is Cn1nccc1N1CC(=O)CC1=O. The van der Waals surface area contributed by atoms with E-state index in [-0.39, 0.29) is 24.7 Å². The van der Waals surface area contributed by atoms with Gasteiger partial charge >= 0.3 is 0 Å². The monoisotopic (exact) mass is 179 g/mol. The zero-order valence-electron chi connectivity index (χ0n) is 7.23. The number of carbonyl (C=O) groups is 2. The maximum atomic E-state index is 11.3. The van der Waals surface area contributed by atoms with Crippen LogP contribution in [0.5, 0.6) is 0 Å². The van der Waals surface area contributed by atoms with Gasteiger partial charge in [-0.2, -0.15) is 5.10 Å². The molecule has 0 saturated carbocycles. The standard InChI is InChI=1S/C8H9N3O2/c1-10-7(2-3-9-10)11-5-6(12)4-8(11)13/h2-3H,4-5H2,1H3. The maximum absolute atomic E-state index is 11.3. The van der Waals surface area contributed by atoms with Gasteiger partial charge in [0.25, 0.3) is 0 Å². The molecule has 0 bridgehead atoms. The molecule has 0 atom stereocenters. The van der Waals surface area contributed by atoms with Gasteiger partial charge < -0.3 is 0 Å². The van der Waals surface area contributed by atoms with Crippen molar-refractivity contribution < 1.29 is 9.59 Å². The number of ketones is 1. The predicted molar refractivity (Wildman–Crippen MR) is 45.2 cm³/mol. The molecule has 1 aromatic rings. The Hall–Kier alpha value is -1.65. The van der Waals surface area contributed by atoms with Gasteiger partial charge in [0.1, 0.15) is 5.82 Å². The largest absolute Gasteiger partial charge is 0.297 e. The Balaban J connectivity index is 2.32. The quantitative estimate of drug-likeness (QED) is 0.557. The fraction of sp³-hybridized carbons (Fsp3) is 0.375. The first-order chi connectivity index (χ1) is 6.18. The molecule has 2 rings (SSSR count). The van der Waals surface area contributed by atoms with Crippen molar-refractivity contribution in [2.24, 2.45) is 7.05 Å². The van der Waals surface area contributed by atoms with Gasteiger partial charge in [0.15, 0.2) is 5.78 Å². The fourth-order valence-electron chi connectivity index (χ4n) is 1.42. The summed E-state index contributed by atoms with van der Waals surface area (Å²) < 4.78 is 1.58. The molecule has 2 heterocycles. The van der Waals surface area contributed by atoms with Crippen LogP contribution in [-0.2, 0) is 16.6 Å². The highest BCUT2D eigenvalue weighted by molar-refractivity contribution is 6.14. The van der Waals surface area contributed by atoms with E-state index in [0.29, 0.717) is 5.82 Å². The highest BCUT2D eigenvalue weighted by Gasteiger charge is 2.29. The molecule has 0 spiro atoms. The molecule has 5 heteroatoms. The van der Waals surface area contributed by atoms with Crippen molar-refractivity contribution in [3.05, 3.63) is 12.3 Å². The van der Waals surface area contributed by atoms with Gasteiger partial charge in [-0.05, 0) is 0 Å². The third-order valence-electron chi connectivity index (χ3n) is 2.06. The van der Waals surface area contributed by atoms with E-state index >= 15 is 0 Å². The Morgan fingerprint density at radius 3 is 2.69 bits per heavy atom. The first kappa shape index (κ1) is 7.97. The van der Waals surface area contributed by atoms with Crippen LogP contribution in [0.15, 0.2) is 12.3 Å². The van der Waals surface area contributed by atoms with Gasteiger partial charge in [-0.15, -0.1) is 0 Å². The summed E-state index contributed by atoms with van der Waals surface area (Å²) in [6.45, 7) is 0.179. The van der Waals surface area contributed by atoms with Crippen LogP contribution in [0.1, 0.15) is 6.42 Å². The second-order valence-corrected chi connectivity index (χ2v) is 3.01. The summed E-state index contributed by atoms with van der Waals surface area (Å²) in [6, 6.07) is 1.72. The predicted octanol–water partition coefficient (Wildman–Crippen LogP) is -0.274. The molecule has 0 aliphatic carbocycles. The highest BCUT2D eigenvalue weighted by atomic mass is 16.2. The van der Waals surface area contributed by atoms with Gasteiger partial charge in [-0.25, -0.2) is 0 Å². The van der Waals surface area contributed by atoms with Gasteiger partial charge in [-0.3, -0.25) is 19.2 Å². The van der Waals surface area contributed by atoms with Crippen LogP contribution in [0.25, 0.3) is 0 Å². The number of amides is 1. The van der Waals surface area contributed by atoms with Crippen molar-refractivity contribution in [3.8, 4) is 0 Å². The number of Topliss-reactive ketones (excluding diaryl/α,β-unsaturated/α-hetero) is 1. The van der Waals surface area contributed by atoms with E-state index in [1.165, 1.54) is 4.90 Å². The number of anilines is 1. The summed E-state index contributed by atoms with van der Waals surface area (Å²) in [6.07, 6.45) is 1.62. The molecular weight excluding hydrogens is 170 g/mol. The first-order valence-corrected chi connectivity index (χ1v) is 3.98. The third-order valence-corrected chi connectivity index (χ3v) is 2.06. The zero-order chi connectivity index (χ0) is 9.42. The smallest absolute Gasteiger partial charge is 0.236 e. The second-order valence-electron chi connectivity index (χ2n) is 3.01. The molecular formula is C8H9N3O2. The van der Waals surface area contributed by atoms with Crippen molar-refractivity contribution in [2.75, 3.05) is 11.4 Å². The lowest BCUT2D eigenvalue weighted by atomic mass is 10.3. The summed E-state index contributed by atoms with van der Waals surface area (Å²) in [5, 5.41) is 3.93. The average molecular weight is 179 g/mol. The number of hydrogen-bond donors (Lipinski definition) is 0. The van der Waals surface area contributed by atoms with Crippen molar-refractivity contribution >= 4 is 17.5 Å². The molecule has 0 N–H and O–H groups in total. The molecule has 68 valence electrons. The van der Waals surface area contributed by atoms with Gasteiger partial charge in [0.05, 0.1) is 19.2 Å². The molecule has 1 fully saturated rings. The molecule has 0 radical (unpaired) electrons. The van der Waals surface area contributed by atoms with Crippen molar-refractivity contribution in [2.45, 2.75) is 6.42 Å². The summed E-state index contributed by atoms with van der Waals surface area (Å²) >= 11 is 0. The number of nitrogens with zero attached hydrogens (tertiary/aromatic N) is 3.